The Morgan fingerprint density at radius 2 is 2.06 bits per heavy atom. The minimum Gasteiger partial charge on any atom is -0.465 e. The predicted molar refractivity (Wildman–Crippen MR) is 123 cm³/mol. The third-order valence-electron chi connectivity index (χ3n) is 6.06. The SMILES string of the molecule is Cc1cc(CC(=O)Nc2cc(C3CCC(CC[C@H](C)NC(=O)O)C3)[nH]n2)c(S(C)(=O)=O)cn1. The van der Waals surface area contributed by atoms with E-state index in [1.54, 1.807) is 13.0 Å². The number of carbonyl (C=O) groups excluding carboxylic acids is 1. The maximum Gasteiger partial charge on any atom is 0.404 e. The van der Waals surface area contributed by atoms with E-state index in [9.17, 15) is 18.0 Å². The first-order valence-electron chi connectivity index (χ1n) is 11.0. The molecule has 1 saturated carbocycles. The summed E-state index contributed by atoms with van der Waals surface area (Å²) in [5.74, 6) is 0.895. The molecule has 0 aliphatic heterocycles. The first kappa shape index (κ1) is 24.7. The van der Waals surface area contributed by atoms with E-state index in [0.29, 0.717) is 28.9 Å². The standard InChI is InChI=1S/C22H31N5O5S/c1-13(24-22(29)30)4-5-15-6-7-16(9-15)18-11-20(27-26-18)25-21(28)10-17-8-14(2)23-12-19(17)33(3,31)32/h8,11-13,15-16,24H,4-7,9-10H2,1-3H3,(H,29,30)(H2,25,26,27,28)/t13-,15?,16?/m0/s1. The Bertz CT molecular complexity index is 1110. The summed E-state index contributed by atoms with van der Waals surface area (Å²) in [6.07, 6.45) is 6.13. The van der Waals surface area contributed by atoms with Gasteiger partial charge in [0.2, 0.25) is 5.91 Å². The molecule has 0 spiro atoms. The monoisotopic (exact) mass is 477 g/mol. The highest BCUT2D eigenvalue weighted by Gasteiger charge is 2.27. The summed E-state index contributed by atoms with van der Waals surface area (Å²) < 4.78 is 24.0. The van der Waals surface area contributed by atoms with Gasteiger partial charge in [0.15, 0.2) is 15.7 Å². The van der Waals surface area contributed by atoms with Gasteiger partial charge in [0.25, 0.3) is 0 Å². The highest BCUT2D eigenvalue weighted by molar-refractivity contribution is 7.90. The lowest BCUT2D eigenvalue weighted by atomic mass is 9.96. The molecular formula is C22H31N5O5S. The number of nitrogens with one attached hydrogen (secondary N) is 3. The van der Waals surface area contributed by atoms with Crippen LogP contribution in [0.5, 0.6) is 0 Å². The number of pyridine rings is 1. The van der Waals surface area contributed by atoms with Gasteiger partial charge in [-0.3, -0.25) is 14.9 Å². The van der Waals surface area contributed by atoms with Crippen molar-refractivity contribution in [3.63, 3.8) is 0 Å². The van der Waals surface area contributed by atoms with Gasteiger partial charge >= 0.3 is 6.09 Å². The van der Waals surface area contributed by atoms with E-state index in [0.717, 1.165) is 44.1 Å². The van der Waals surface area contributed by atoms with E-state index in [1.807, 2.05) is 13.0 Å². The summed E-state index contributed by atoms with van der Waals surface area (Å²) in [6.45, 7) is 3.61. The molecule has 2 heterocycles. The molecule has 10 nitrogen and oxygen atoms in total. The van der Waals surface area contributed by atoms with Crippen LogP contribution in [0.3, 0.4) is 0 Å². The molecule has 1 aliphatic rings. The summed E-state index contributed by atoms with van der Waals surface area (Å²) >= 11 is 0. The van der Waals surface area contributed by atoms with Gasteiger partial charge in [-0.25, -0.2) is 13.2 Å². The van der Waals surface area contributed by atoms with Gasteiger partial charge in [-0.2, -0.15) is 5.10 Å². The number of nitrogens with zero attached hydrogens (tertiary/aromatic N) is 2. The van der Waals surface area contributed by atoms with Crippen molar-refractivity contribution in [2.45, 2.75) is 69.2 Å². The molecule has 0 radical (unpaired) electrons. The zero-order valence-corrected chi connectivity index (χ0v) is 19.9. The molecule has 4 N–H and O–H groups in total. The fourth-order valence-corrected chi connectivity index (χ4v) is 5.29. The average Bonchev–Trinajstić information content (AvgIpc) is 3.34. The second-order valence-corrected chi connectivity index (χ2v) is 10.9. The van der Waals surface area contributed by atoms with Gasteiger partial charge in [-0.1, -0.05) is 0 Å². The number of aromatic amines is 1. The Kier molecular flexibility index (Phi) is 7.72. The quantitative estimate of drug-likeness (QED) is 0.433. The number of carbonyl (C=O) groups is 2. The van der Waals surface area contributed by atoms with Gasteiger partial charge in [0.1, 0.15) is 0 Å². The molecule has 1 aliphatic carbocycles. The number of carboxylic acid groups (broad SMARTS) is 1. The second kappa shape index (κ2) is 10.3. The number of H-pyrrole nitrogens is 1. The molecular weight excluding hydrogens is 446 g/mol. The van der Waals surface area contributed by atoms with Gasteiger partial charge in [0, 0.05) is 41.9 Å². The largest absolute Gasteiger partial charge is 0.465 e. The fourth-order valence-electron chi connectivity index (χ4n) is 4.43. The number of aromatic nitrogens is 3. The lowest BCUT2D eigenvalue weighted by Crippen LogP contribution is -2.31. The smallest absolute Gasteiger partial charge is 0.404 e. The molecule has 180 valence electrons. The number of rotatable bonds is 9. The van der Waals surface area contributed by atoms with Gasteiger partial charge < -0.3 is 15.7 Å². The van der Waals surface area contributed by atoms with Crippen LogP contribution in [0.15, 0.2) is 23.2 Å². The van der Waals surface area contributed by atoms with Gasteiger partial charge in [-0.15, -0.1) is 0 Å². The lowest BCUT2D eigenvalue weighted by molar-refractivity contribution is -0.115. The van der Waals surface area contributed by atoms with Crippen molar-refractivity contribution < 1.29 is 23.1 Å². The van der Waals surface area contributed by atoms with Crippen LogP contribution in [0.25, 0.3) is 0 Å². The number of amides is 2. The molecule has 2 unspecified atom stereocenters. The Morgan fingerprint density at radius 1 is 1.30 bits per heavy atom. The summed E-state index contributed by atoms with van der Waals surface area (Å²) in [5, 5.41) is 21.2. The fraction of sp³-hybridized carbons (Fsp3) is 0.545. The molecule has 3 rings (SSSR count). The normalized spacial score (nSPS) is 19.2. The van der Waals surface area contributed by atoms with Crippen molar-refractivity contribution in [2.24, 2.45) is 5.92 Å². The van der Waals surface area contributed by atoms with Gasteiger partial charge in [-0.05, 0) is 63.5 Å². The maximum absolute atomic E-state index is 12.6. The molecule has 2 amide bonds. The van der Waals surface area contributed by atoms with Crippen molar-refractivity contribution in [3.05, 3.63) is 35.3 Å². The number of sulfone groups is 1. The molecule has 0 aromatic carbocycles. The summed E-state index contributed by atoms with van der Waals surface area (Å²) in [5.41, 5.74) is 2.00. The predicted octanol–water partition coefficient (Wildman–Crippen LogP) is 3.02. The number of hydrogen-bond donors (Lipinski definition) is 4. The topological polar surface area (TPSA) is 154 Å². The number of aryl methyl sites for hydroxylation is 1. The zero-order chi connectivity index (χ0) is 24.2. The first-order chi connectivity index (χ1) is 15.5. The van der Waals surface area contributed by atoms with Crippen LogP contribution in [0.2, 0.25) is 0 Å². The highest BCUT2D eigenvalue weighted by atomic mass is 32.2. The molecule has 0 saturated heterocycles. The highest BCUT2D eigenvalue weighted by Crippen LogP contribution is 2.40. The van der Waals surface area contributed by atoms with Crippen molar-refractivity contribution in [2.75, 3.05) is 11.6 Å². The Labute approximate surface area is 193 Å². The van der Waals surface area contributed by atoms with Crippen LogP contribution in [0.1, 0.15) is 61.9 Å². The Morgan fingerprint density at radius 3 is 2.76 bits per heavy atom. The van der Waals surface area contributed by atoms with E-state index < -0.39 is 15.9 Å². The van der Waals surface area contributed by atoms with Crippen LogP contribution >= 0.6 is 0 Å². The third-order valence-corrected chi connectivity index (χ3v) is 7.23. The molecule has 2 aromatic heterocycles. The summed E-state index contributed by atoms with van der Waals surface area (Å²) in [6, 6.07) is 3.37. The summed E-state index contributed by atoms with van der Waals surface area (Å²) in [4.78, 5) is 27.4. The molecule has 3 atom stereocenters. The van der Waals surface area contributed by atoms with Crippen molar-refractivity contribution >= 4 is 27.7 Å². The van der Waals surface area contributed by atoms with Crippen LogP contribution in [0.4, 0.5) is 10.6 Å². The third kappa shape index (κ3) is 7.01. The summed E-state index contributed by atoms with van der Waals surface area (Å²) in [7, 11) is -3.49. The number of hydrogen-bond acceptors (Lipinski definition) is 6. The minimum absolute atomic E-state index is 0.0517. The molecule has 1 fully saturated rings. The zero-order valence-electron chi connectivity index (χ0n) is 19.1. The van der Waals surface area contributed by atoms with Crippen LogP contribution in [0, 0.1) is 12.8 Å². The van der Waals surface area contributed by atoms with Crippen LogP contribution in [-0.4, -0.2) is 53.0 Å². The Balaban J connectivity index is 1.55. The molecule has 0 bridgehead atoms. The van der Waals surface area contributed by atoms with E-state index in [1.165, 1.54) is 6.20 Å². The Hall–Kier alpha value is -2.95. The minimum atomic E-state index is -3.49. The molecule has 11 heteroatoms. The van der Waals surface area contributed by atoms with E-state index in [4.69, 9.17) is 5.11 Å². The van der Waals surface area contributed by atoms with Crippen molar-refractivity contribution in [1.82, 2.24) is 20.5 Å². The van der Waals surface area contributed by atoms with E-state index in [-0.39, 0.29) is 23.3 Å². The van der Waals surface area contributed by atoms with Crippen molar-refractivity contribution in [1.29, 1.82) is 0 Å². The van der Waals surface area contributed by atoms with Crippen LogP contribution < -0.4 is 10.6 Å². The van der Waals surface area contributed by atoms with E-state index in [2.05, 4.69) is 25.8 Å². The molecule has 33 heavy (non-hydrogen) atoms. The van der Waals surface area contributed by atoms with Crippen LogP contribution in [-0.2, 0) is 21.1 Å². The second-order valence-electron chi connectivity index (χ2n) is 8.94. The van der Waals surface area contributed by atoms with Crippen molar-refractivity contribution in [3.8, 4) is 0 Å². The maximum atomic E-state index is 12.6. The average molecular weight is 478 g/mol. The lowest BCUT2D eigenvalue weighted by Gasteiger charge is -2.14. The number of anilines is 1. The van der Waals surface area contributed by atoms with Gasteiger partial charge in [0.05, 0.1) is 11.3 Å². The first-order valence-corrected chi connectivity index (χ1v) is 12.9. The molecule has 2 aromatic rings. The van der Waals surface area contributed by atoms with E-state index >= 15 is 0 Å².